The fourth-order valence-electron chi connectivity index (χ4n) is 3.86. The molecular formula is C31H29N3O4. The molecule has 1 aromatic heterocycles. The molecule has 0 bridgehead atoms. The molecule has 1 N–H and O–H groups in total. The lowest BCUT2D eigenvalue weighted by atomic mass is 9.99. The van der Waals surface area contributed by atoms with Gasteiger partial charge in [0.1, 0.15) is 12.4 Å². The monoisotopic (exact) mass is 507 g/mol. The molecule has 1 amide bonds. The molecule has 192 valence electrons. The van der Waals surface area contributed by atoms with Gasteiger partial charge in [0, 0.05) is 16.6 Å². The molecule has 3 aromatic carbocycles. The van der Waals surface area contributed by atoms with E-state index in [1.165, 1.54) is 5.56 Å². The summed E-state index contributed by atoms with van der Waals surface area (Å²) in [6, 6.07) is 20.0. The number of benzene rings is 3. The third-order valence-corrected chi connectivity index (χ3v) is 5.74. The standard InChI is InChI=1S/C31H29N3O4/c1-6-16-37-25-14-15-27-26(18-25)28(22-12-10-21(11-13-22)19(2)3)34-29(33-27)30(35)32-24-9-7-8-23(17-24)31(36)38-20(4)5/h1,7-15,17-20H,16H2,2-5H3,(H,32,35). The van der Waals surface area contributed by atoms with Crippen LogP contribution in [-0.4, -0.2) is 34.6 Å². The fraction of sp³-hybridized carbons (Fsp3) is 0.226. The van der Waals surface area contributed by atoms with Crippen LogP contribution < -0.4 is 10.1 Å². The largest absolute Gasteiger partial charge is 0.481 e. The van der Waals surface area contributed by atoms with E-state index in [4.69, 9.17) is 15.9 Å². The molecule has 0 fully saturated rings. The molecule has 38 heavy (non-hydrogen) atoms. The highest BCUT2D eigenvalue weighted by molar-refractivity contribution is 6.05. The first-order valence-electron chi connectivity index (χ1n) is 12.4. The number of nitrogens with zero attached hydrogens (tertiary/aromatic N) is 2. The van der Waals surface area contributed by atoms with E-state index in [1.54, 1.807) is 50.2 Å². The molecule has 1 heterocycles. The van der Waals surface area contributed by atoms with Gasteiger partial charge in [-0.3, -0.25) is 4.79 Å². The van der Waals surface area contributed by atoms with Crippen molar-refractivity contribution >= 4 is 28.5 Å². The molecule has 0 saturated heterocycles. The Morgan fingerprint density at radius 1 is 0.974 bits per heavy atom. The van der Waals surface area contributed by atoms with Gasteiger partial charge in [-0.25, -0.2) is 14.8 Å². The Bertz CT molecular complexity index is 1520. The van der Waals surface area contributed by atoms with Gasteiger partial charge in [0.15, 0.2) is 0 Å². The molecule has 0 unspecified atom stereocenters. The molecule has 0 saturated carbocycles. The lowest BCUT2D eigenvalue weighted by Crippen LogP contribution is -2.17. The summed E-state index contributed by atoms with van der Waals surface area (Å²) in [5.41, 5.74) is 3.97. The van der Waals surface area contributed by atoms with Crippen molar-refractivity contribution in [2.24, 2.45) is 0 Å². The van der Waals surface area contributed by atoms with Crippen molar-refractivity contribution < 1.29 is 19.1 Å². The lowest BCUT2D eigenvalue weighted by molar-refractivity contribution is 0.0377. The van der Waals surface area contributed by atoms with Gasteiger partial charge < -0.3 is 14.8 Å². The number of aromatic nitrogens is 2. The maximum atomic E-state index is 13.3. The predicted molar refractivity (Wildman–Crippen MR) is 148 cm³/mol. The summed E-state index contributed by atoms with van der Waals surface area (Å²) >= 11 is 0. The van der Waals surface area contributed by atoms with Crippen LogP contribution >= 0.6 is 0 Å². The van der Waals surface area contributed by atoms with Crippen molar-refractivity contribution in [3.63, 3.8) is 0 Å². The van der Waals surface area contributed by atoms with E-state index < -0.39 is 11.9 Å². The molecule has 0 atom stereocenters. The molecule has 0 aliphatic rings. The number of fused-ring (bicyclic) bond motifs is 1. The van der Waals surface area contributed by atoms with Crippen molar-refractivity contribution in [1.29, 1.82) is 0 Å². The van der Waals surface area contributed by atoms with E-state index in [1.807, 2.05) is 30.3 Å². The maximum absolute atomic E-state index is 13.3. The maximum Gasteiger partial charge on any atom is 0.338 e. The second kappa shape index (κ2) is 11.6. The number of hydrogen-bond acceptors (Lipinski definition) is 6. The first-order valence-corrected chi connectivity index (χ1v) is 12.4. The molecule has 4 rings (SSSR count). The van der Waals surface area contributed by atoms with Gasteiger partial charge in [-0.2, -0.15) is 0 Å². The first-order chi connectivity index (χ1) is 18.2. The van der Waals surface area contributed by atoms with E-state index in [0.717, 1.165) is 10.9 Å². The number of amides is 1. The highest BCUT2D eigenvalue weighted by Gasteiger charge is 2.18. The van der Waals surface area contributed by atoms with E-state index in [-0.39, 0.29) is 18.5 Å². The summed E-state index contributed by atoms with van der Waals surface area (Å²) in [4.78, 5) is 34.7. The molecule has 0 aliphatic heterocycles. The van der Waals surface area contributed by atoms with Crippen LogP contribution in [0.25, 0.3) is 22.2 Å². The smallest absolute Gasteiger partial charge is 0.338 e. The van der Waals surface area contributed by atoms with Crippen molar-refractivity contribution in [3.8, 4) is 29.4 Å². The highest BCUT2D eigenvalue weighted by atomic mass is 16.5. The van der Waals surface area contributed by atoms with Gasteiger partial charge in [0.05, 0.1) is 22.9 Å². The molecule has 0 radical (unpaired) electrons. The number of anilines is 1. The normalized spacial score (nSPS) is 10.9. The lowest BCUT2D eigenvalue weighted by Gasteiger charge is -2.13. The molecular weight excluding hydrogens is 478 g/mol. The van der Waals surface area contributed by atoms with Crippen LogP contribution in [0.15, 0.2) is 66.7 Å². The Balaban J connectivity index is 1.72. The van der Waals surface area contributed by atoms with Gasteiger partial charge in [-0.1, -0.05) is 50.1 Å². The minimum Gasteiger partial charge on any atom is -0.481 e. The van der Waals surface area contributed by atoms with Crippen LogP contribution in [0, 0.1) is 12.3 Å². The highest BCUT2D eigenvalue weighted by Crippen LogP contribution is 2.30. The topological polar surface area (TPSA) is 90.4 Å². The minimum atomic E-state index is -0.506. The van der Waals surface area contributed by atoms with Crippen LogP contribution in [-0.2, 0) is 4.74 Å². The third-order valence-electron chi connectivity index (χ3n) is 5.74. The average Bonchev–Trinajstić information content (AvgIpc) is 2.91. The van der Waals surface area contributed by atoms with E-state index >= 15 is 0 Å². The van der Waals surface area contributed by atoms with Gasteiger partial charge in [-0.15, -0.1) is 6.42 Å². The van der Waals surface area contributed by atoms with Crippen molar-refractivity contribution in [1.82, 2.24) is 9.97 Å². The Hall–Kier alpha value is -4.70. The Morgan fingerprint density at radius 3 is 2.42 bits per heavy atom. The van der Waals surface area contributed by atoms with Gasteiger partial charge >= 0.3 is 5.97 Å². The number of hydrogen-bond donors (Lipinski definition) is 1. The second-order valence-corrected chi connectivity index (χ2v) is 9.33. The molecule has 0 spiro atoms. The summed E-state index contributed by atoms with van der Waals surface area (Å²) in [6.45, 7) is 7.95. The number of nitrogens with one attached hydrogen (secondary N) is 1. The summed E-state index contributed by atoms with van der Waals surface area (Å²) in [7, 11) is 0. The third kappa shape index (κ3) is 6.16. The van der Waals surface area contributed by atoms with Crippen LogP contribution in [0.1, 0.15) is 60.2 Å². The zero-order valence-electron chi connectivity index (χ0n) is 21.8. The van der Waals surface area contributed by atoms with E-state index in [0.29, 0.717) is 34.1 Å². The summed E-state index contributed by atoms with van der Waals surface area (Å²) in [6.07, 6.45) is 5.09. The summed E-state index contributed by atoms with van der Waals surface area (Å²) in [5.74, 6) is 2.45. The number of esters is 1. The first kappa shape index (κ1) is 26.4. The molecule has 7 heteroatoms. The fourth-order valence-corrected chi connectivity index (χ4v) is 3.86. The summed E-state index contributed by atoms with van der Waals surface area (Å²) in [5, 5.41) is 3.52. The van der Waals surface area contributed by atoms with Crippen LogP contribution in [0.3, 0.4) is 0 Å². The van der Waals surface area contributed by atoms with Gasteiger partial charge in [0.25, 0.3) is 5.91 Å². The number of ether oxygens (including phenoxy) is 2. The SMILES string of the molecule is C#CCOc1ccc2nc(C(=O)Nc3cccc(C(=O)OC(C)C)c3)nc(-c3ccc(C(C)C)cc3)c2c1. The zero-order chi connectivity index (χ0) is 27.2. The average molecular weight is 508 g/mol. The Morgan fingerprint density at radius 2 is 1.74 bits per heavy atom. The van der Waals surface area contributed by atoms with E-state index in [9.17, 15) is 9.59 Å². The zero-order valence-corrected chi connectivity index (χ0v) is 21.8. The van der Waals surface area contributed by atoms with Crippen LogP contribution in [0.5, 0.6) is 5.75 Å². The summed E-state index contributed by atoms with van der Waals surface area (Å²) < 4.78 is 10.9. The number of carbonyl (C=O) groups excluding carboxylic acids is 2. The second-order valence-electron chi connectivity index (χ2n) is 9.33. The Kier molecular flexibility index (Phi) is 8.03. The van der Waals surface area contributed by atoms with Crippen LogP contribution in [0.4, 0.5) is 5.69 Å². The number of carbonyl (C=O) groups is 2. The van der Waals surface area contributed by atoms with Crippen LogP contribution in [0.2, 0.25) is 0 Å². The van der Waals surface area contributed by atoms with Crippen molar-refractivity contribution in [2.75, 3.05) is 11.9 Å². The number of rotatable bonds is 8. The van der Waals surface area contributed by atoms with Gasteiger partial charge in [-0.05, 0) is 61.7 Å². The molecule has 0 aliphatic carbocycles. The van der Waals surface area contributed by atoms with Crippen molar-refractivity contribution in [2.45, 2.75) is 39.7 Å². The van der Waals surface area contributed by atoms with E-state index in [2.05, 4.69) is 35.1 Å². The van der Waals surface area contributed by atoms with Gasteiger partial charge in [0.2, 0.25) is 5.82 Å². The molecule has 7 nitrogen and oxygen atoms in total. The predicted octanol–water partition coefficient (Wildman–Crippen LogP) is 6.25. The molecule has 4 aromatic rings. The van der Waals surface area contributed by atoms with Crippen molar-refractivity contribution in [3.05, 3.63) is 83.7 Å². The Labute approximate surface area is 222 Å². The quantitative estimate of drug-likeness (QED) is 0.224. The minimum absolute atomic E-state index is 0.00658. The number of terminal acetylenes is 1.